The quantitative estimate of drug-likeness (QED) is 0.456. The van der Waals surface area contributed by atoms with Gasteiger partial charge in [-0.1, -0.05) is 0 Å². The Balaban J connectivity index is 1.92. The van der Waals surface area contributed by atoms with E-state index >= 15 is 0 Å². The first-order valence-corrected chi connectivity index (χ1v) is 7.69. The lowest BCUT2D eigenvalue weighted by molar-refractivity contribution is -0.384. The number of ether oxygens (including phenoxy) is 2. The third kappa shape index (κ3) is 5.30. The average Bonchev–Trinajstić information content (AvgIpc) is 2.70. The zero-order chi connectivity index (χ0) is 19.8. The van der Waals surface area contributed by atoms with Gasteiger partial charge in [-0.05, 0) is 42.0 Å². The summed E-state index contributed by atoms with van der Waals surface area (Å²) >= 11 is 0. The highest BCUT2D eigenvalue weighted by molar-refractivity contribution is 5.98. The number of hydrogen-bond donors (Lipinski definition) is 2. The number of nitrogens with zero attached hydrogens (tertiary/aromatic N) is 1. The molecule has 0 aliphatic rings. The number of methoxy groups -OCH3 is 2. The summed E-state index contributed by atoms with van der Waals surface area (Å²) in [5.41, 5.74) is 5.34. The van der Waals surface area contributed by atoms with Crippen LogP contribution >= 0.6 is 0 Å². The highest BCUT2D eigenvalue weighted by atomic mass is 16.6. The fourth-order valence-electron chi connectivity index (χ4n) is 2.09. The van der Waals surface area contributed by atoms with Gasteiger partial charge < -0.3 is 9.47 Å². The molecule has 0 fully saturated rings. The zero-order valence-electron chi connectivity index (χ0n) is 14.6. The van der Waals surface area contributed by atoms with Crippen LogP contribution in [0.3, 0.4) is 0 Å². The molecule has 2 aromatic rings. The van der Waals surface area contributed by atoms with E-state index in [0.29, 0.717) is 17.1 Å². The third-order valence-electron chi connectivity index (χ3n) is 3.48. The van der Waals surface area contributed by atoms with E-state index in [-0.39, 0.29) is 11.3 Å². The molecule has 9 heteroatoms. The maximum Gasteiger partial charge on any atom is 0.269 e. The summed E-state index contributed by atoms with van der Waals surface area (Å²) in [6.45, 7) is 0. The molecule has 0 bridgehead atoms. The maximum absolute atomic E-state index is 12.1. The molecular weight excluding hydrogens is 354 g/mol. The molecule has 140 valence electrons. The Labute approximate surface area is 154 Å². The summed E-state index contributed by atoms with van der Waals surface area (Å²) in [7, 11) is 2.93. The highest BCUT2D eigenvalue weighted by Crippen LogP contribution is 2.27. The van der Waals surface area contributed by atoms with Crippen LogP contribution in [0.25, 0.3) is 6.08 Å². The van der Waals surface area contributed by atoms with Gasteiger partial charge in [-0.2, -0.15) is 0 Å². The van der Waals surface area contributed by atoms with Gasteiger partial charge in [-0.25, -0.2) is 0 Å². The van der Waals surface area contributed by atoms with Crippen LogP contribution in [0.4, 0.5) is 5.69 Å². The molecule has 0 saturated heterocycles. The van der Waals surface area contributed by atoms with Gasteiger partial charge in [-0.15, -0.1) is 0 Å². The van der Waals surface area contributed by atoms with E-state index < -0.39 is 16.7 Å². The summed E-state index contributed by atoms with van der Waals surface area (Å²) in [5, 5.41) is 10.6. The van der Waals surface area contributed by atoms with Crippen molar-refractivity contribution < 1.29 is 24.0 Å². The summed E-state index contributed by atoms with van der Waals surface area (Å²) in [5.74, 6) is -0.242. The Morgan fingerprint density at radius 1 is 1.00 bits per heavy atom. The minimum absolute atomic E-state index is 0.0428. The van der Waals surface area contributed by atoms with Crippen molar-refractivity contribution in [2.75, 3.05) is 14.2 Å². The van der Waals surface area contributed by atoms with Gasteiger partial charge >= 0.3 is 0 Å². The summed E-state index contributed by atoms with van der Waals surface area (Å²) < 4.78 is 10.2. The van der Waals surface area contributed by atoms with Crippen LogP contribution in [0.15, 0.2) is 48.5 Å². The summed E-state index contributed by atoms with van der Waals surface area (Å²) in [4.78, 5) is 33.9. The number of non-ortho nitro benzene ring substituents is 1. The lowest BCUT2D eigenvalue weighted by Gasteiger charge is -2.10. The fourth-order valence-corrected chi connectivity index (χ4v) is 2.09. The highest BCUT2D eigenvalue weighted by Gasteiger charge is 2.11. The van der Waals surface area contributed by atoms with Gasteiger partial charge in [0.25, 0.3) is 17.5 Å². The molecule has 0 aromatic heterocycles. The van der Waals surface area contributed by atoms with Gasteiger partial charge in [0.2, 0.25) is 0 Å². The number of carbonyl (C=O) groups excluding carboxylic acids is 2. The Kier molecular flexibility index (Phi) is 6.48. The second-order valence-corrected chi connectivity index (χ2v) is 5.20. The molecule has 2 amide bonds. The second-order valence-electron chi connectivity index (χ2n) is 5.20. The number of rotatable bonds is 6. The minimum atomic E-state index is -0.567. The first-order valence-electron chi connectivity index (χ1n) is 7.69. The SMILES string of the molecule is COc1ccc(C(=O)NNC(=O)/C=C/c2ccc([N+](=O)[O-])cc2)cc1OC. The Morgan fingerprint density at radius 3 is 2.26 bits per heavy atom. The van der Waals surface area contributed by atoms with Gasteiger partial charge in [0.1, 0.15) is 0 Å². The number of carbonyl (C=O) groups is 2. The van der Waals surface area contributed by atoms with Crippen molar-refractivity contribution in [1.29, 1.82) is 0 Å². The molecule has 27 heavy (non-hydrogen) atoms. The Bertz CT molecular complexity index is 877. The van der Waals surface area contributed by atoms with E-state index in [9.17, 15) is 19.7 Å². The molecule has 0 spiro atoms. The predicted octanol–water partition coefficient (Wildman–Crippen LogP) is 2.09. The van der Waals surface area contributed by atoms with Crippen LogP contribution in [0.5, 0.6) is 11.5 Å². The average molecular weight is 371 g/mol. The molecule has 9 nitrogen and oxygen atoms in total. The first-order chi connectivity index (χ1) is 12.9. The molecule has 2 rings (SSSR count). The molecule has 0 heterocycles. The van der Waals surface area contributed by atoms with Gasteiger partial charge in [0, 0.05) is 23.8 Å². The molecule has 0 unspecified atom stereocenters. The van der Waals surface area contributed by atoms with E-state index in [1.54, 1.807) is 6.07 Å². The van der Waals surface area contributed by atoms with Crippen LogP contribution in [-0.4, -0.2) is 31.0 Å². The smallest absolute Gasteiger partial charge is 0.269 e. The van der Waals surface area contributed by atoms with Crippen molar-refractivity contribution in [3.8, 4) is 11.5 Å². The number of nitro benzene ring substituents is 1. The van der Waals surface area contributed by atoms with Crippen molar-refractivity contribution in [2.24, 2.45) is 0 Å². The maximum atomic E-state index is 12.1. The molecular formula is C18H17N3O6. The number of hydrogen-bond acceptors (Lipinski definition) is 6. The molecule has 0 saturated carbocycles. The van der Waals surface area contributed by atoms with Gasteiger partial charge in [-0.3, -0.25) is 30.6 Å². The minimum Gasteiger partial charge on any atom is -0.493 e. The summed E-state index contributed by atoms with van der Waals surface area (Å²) in [6.07, 6.45) is 2.65. The third-order valence-corrected chi connectivity index (χ3v) is 3.48. The zero-order valence-corrected chi connectivity index (χ0v) is 14.6. The first kappa shape index (κ1) is 19.4. The second kappa shape index (κ2) is 8.99. The summed E-state index contributed by atoms with van der Waals surface area (Å²) in [6, 6.07) is 10.2. The number of hydrazine groups is 1. The van der Waals surface area contributed by atoms with E-state index in [2.05, 4.69) is 10.9 Å². The van der Waals surface area contributed by atoms with E-state index in [1.165, 1.54) is 62.8 Å². The Hall–Kier alpha value is -3.88. The lowest BCUT2D eigenvalue weighted by Crippen LogP contribution is -2.40. The van der Waals surface area contributed by atoms with Crippen molar-refractivity contribution in [3.63, 3.8) is 0 Å². The number of amides is 2. The predicted molar refractivity (Wildman–Crippen MR) is 97.3 cm³/mol. The molecule has 0 aliphatic heterocycles. The molecule has 0 aliphatic carbocycles. The van der Waals surface area contributed by atoms with E-state index in [1.807, 2.05) is 0 Å². The van der Waals surface area contributed by atoms with Crippen molar-refractivity contribution in [3.05, 3.63) is 69.8 Å². The monoisotopic (exact) mass is 371 g/mol. The topological polar surface area (TPSA) is 120 Å². The van der Waals surface area contributed by atoms with Crippen molar-refractivity contribution in [2.45, 2.75) is 0 Å². The molecule has 2 aromatic carbocycles. The van der Waals surface area contributed by atoms with Crippen LogP contribution in [0.1, 0.15) is 15.9 Å². The molecule has 0 atom stereocenters. The largest absolute Gasteiger partial charge is 0.493 e. The van der Waals surface area contributed by atoms with Crippen LogP contribution in [0, 0.1) is 10.1 Å². The van der Waals surface area contributed by atoms with Gasteiger partial charge in [0.15, 0.2) is 11.5 Å². The van der Waals surface area contributed by atoms with Crippen LogP contribution < -0.4 is 20.3 Å². The van der Waals surface area contributed by atoms with Crippen LogP contribution in [-0.2, 0) is 4.79 Å². The van der Waals surface area contributed by atoms with Crippen molar-refractivity contribution >= 4 is 23.6 Å². The van der Waals surface area contributed by atoms with Gasteiger partial charge in [0.05, 0.1) is 19.1 Å². The number of nitro groups is 1. The number of benzene rings is 2. The normalized spacial score (nSPS) is 10.3. The lowest BCUT2D eigenvalue weighted by atomic mass is 10.2. The standard InChI is InChI=1S/C18H17N3O6/c1-26-15-9-6-13(11-16(15)27-2)18(23)20-19-17(22)10-5-12-3-7-14(8-4-12)21(24)25/h3-11H,1-2H3,(H,19,22)(H,20,23)/b10-5+. The Morgan fingerprint density at radius 2 is 1.67 bits per heavy atom. The fraction of sp³-hybridized carbons (Fsp3) is 0.111. The number of nitrogens with one attached hydrogen (secondary N) is 2. The van der Waals surface area contributed by atoms with Crippen LogP contribution in [0.2, 0.25) is 0 Å². The van der Waals surface area contributed by atoms with Crippen molar-refractivity contribution in [1.82, 2.24) is 10.9 Å². The van der Waals surface area contributed by atoms with E-state index in [4.69, 9.17) is 9.47 Å². The molecule has 2 N–H and O–H groups in total. The van der Waals surface area contributed by atoms with E-state index in [0.717, 1.165) is 0 Å². The molecule has 0 radical (unpaired) electrons.